The maximum atomic E-state index is 14.1. The number of hydrogen-bond acceptors (Lipinski definition) is 3. The first kappa shape index (κ1) is 12.8. The molecule has 0 radical (unpaired) electrons. The summed E-state index contributed by atoms with van der Waals surface area (Å²) >= 11 is 0. The Morgan fingerprint density at radius 2 is 1.79 bits per heavy atom. The summed E-state index contributed by atoms with van der Waals surface area (Å²) in [5, 5.41) is 13.1. The van der Waals surface area contributed by atoms with Crippen LogP contribution in [0.1, 0.15) is 24.4 Å². The topological polar surface area (TPSA) is 35.5 Å². The van der Waals surface area contributed by atoms with Gasteiger partial charge in [-0.2, -0.15) is 0 Å². The molecular weight excluding hydrogens is 250 g/mol. The molecule has 1 saturated heterocycles. The van der Waals surface area contributed by atoms with Crippen LogP contribution in [0.25, 0.3) is 0 Å². The summed E-state index contributed by atoms with van der Waals surface area (Å²) in [6, 6.07) is 1.90. The van der Waals surface area contributed by atoms with Crippen LogP contribution in [0.5, 0.6) is 5.75 Å². The molecule has 0 unspecified atom stereocenters. The van der Waals surface area contributed by atoms with Gasteiger partial charge in [0.15, 0.2) is 11.6 Å². The molecule has 1 heterocycles. The van der Waals surface area contributed by atoms with Gasteiger partial charge in [0.25, 0.3) is 0 Å². The van der Waals surface area contributed by atoms with E-state index in [1.807, 2.05) is 0 Å². The zero-order valence-electron chi connectivity index (χ0n) is 10.7. The normalized spacial score (nSPS) is 22.4. The molecule has 0 bridgehead atoms. The van der Waals surface area contributed by atoms with Crippen molar-refractivity contribution >= 4 is 0 Å². The van der Waals surface area contributed by atoms with E-state index in [0.717, 1.165) is 51.2 Å². The lowest BCUT2D eigenvalue weighted by Gasteiger charge is -2.35. The van der Waals surface area contributed by atoms with Gasteiger partial charge < -0.3 is 10.4 Å². The number of benzene rings is 1. The minimum absolute atomic E-state index is 0.143. The lowest BCUT2D eigenvalue weighted by atomic mass is 9.98. The maximum Gasteiger partial charge on any atom is 0.165 e. The maximum absolute atomic E-state index is 14.1. The van der Waals surface area contributed by atoms with E-state index in [2.05, 4.69) is 10.2 Å². The standard InChI is InChI=1S/C14H18F2N2O/c15-10-3-4-11(16)14(19)12(10)13(9-1-2-9)18-7-5-17-6-8-18/h3-4,9,13,17,19H,1-2,5-8H2/t13-/m1/s1. The summed E-state index contributed by atoms with van der Waals surface area (Å²) < 4.78 is 27.6. The van der Waals surface area contributed by atoms with Crippen molar-refractivity contribution in [2.45, 2.75) is 18.9 Å². The SMILES string of the molecule is Oc1c(F)ccc(F)c1[C@@H](C1CC1)N1CCNCC1. The molecule has 1 aromatic carbocycles. The average molecular weight is 268 g/mol. The van der Waals surface area contributed by atoms with Gasteiger partial charge in [0.05, 0.1) is 5.56 Å². The van der Waals surface area contributed by atoms with Crippen molar-refractivity contribution in [1.82, 2.24) is 10.2 Å². The molecule has 3 rings (SSSR count). The molecule has 19 heavy (non-hydrogen) atoms. The van der Waals surface area contributed by atoms with Crippen LogP contribution >= 0.6 is 0 Å². The Labute approximate surface area is 111 Å². The first-order valence-corrected chi connectivity index (χ1v) is 6.80. The number of phenols is 1. The van der Waals surface area contributed by atoms with Gasteiger partial charge >= 0.3 is 0 Å². The van der Waals surface area contributed by atoms with E-state index in [0.29, 0.717) is 5.92 Å². The van der Waals surface area contributed by atoms with Crippen molar-refractivity contribution < 1.29 is 13.9 Å². The molecule has 2 fully saturated rings. The molecule has 2 aliphatic rings. The van der Waals surface area contributed by atoms with Crippen LogP contribution in [0.3, 0.4) is 0 Å². The number of nitrogens with one attached hydrogen (secondary N) is 1. The van der Waals surface area contributed by atoms with Crippen molar-refractivity contribution in [2.24, 2.45) is 5.92 Å². The molecule has 2 N–H and O–H groups in total. The molecule has 3 nitrogen and oxygen atoms in total. The molecule has 0 spiro atoms. The fraction of sp³-hybridized carbons (Fsp3) is 0.571. The Balaban J connectivity index is 1.97. The van der Waals surface area contributed by atoms with Crippen molar-refractivity contribution in [2.75, 3.05) is 26.2 Å². The van der Waals surface area contributed by atoms with Crippen LogP contribution in [-0.4, -0.2) is 36.2 Å². The molecule has 0 aromatic heterocycles. The Morgan fingerprint density at radius 1 is 1.16 bits per heavy atom. The second kappa shape index (κ2) is 5.06. The first-order valence-electron chi connectivity index (χ1n) is 6.80. The van der Waals surface area contributed by atoms with Gasteiger partial charge in [-0.3, -0.25) is 4.90 Å². The van der Waals surface area contributed by atoms with Gasteiger partial charge in [-0.15, -0.1) is 0 Å². The number of nitrogens with zero attached hydrogens (tertiary/aromatic N) is 1. The predicted molar refractivity (Wildman–Crippen MR) is 67.9 cm³/mol. The van der Waals surface area contributed by atoms with E-state index < -0.39 is 17.4 Å². The van der Waals surface area contributed by atoms with E-state index in [4.69, 9.17) is 0 Å². The highest BCUT2D eigenvalue weighted by Crippen LogP contribution is 2.48. The Kier molecular flexibility index (Phi) is 3.41. The van der Waals surface area contributed by atoms with Crippen molar-refractivity contribution in [3.63, 3.8) is 0 Å². The highest BCUT2D eigenvalue weighted by atomic mass is 19.1. The van der Waals surface area contributed by atoms with E-state index in [-0.39, 0.29) is 11.6 Å². The van der Waals surface area contributed by atoms with Gasteiger partial charge in [0.1, 0.15) is 5.82 Å². The smallest absolute Gasteiger partial charge is 0.165 e. The molecule has 104 valence electrons. The van der Waals surface area contributed by atoms with Gasteiger partial charge in [0, 0.05) is 32.2 Å². The Morgan fingerprint density at radius 3 is 2.42 bits per heavy atom. The number of rotatable bonds is 3. The van der Waals surface area contributed by atoms with E-state index in [1.54, 1.807) is 0 Å². The quantitative estimate of drug-likeness (QED) is 0.880. The van der Waals surface area contributed by atoms with Crippen molar-refractivity contribution in [3.8, 4) is 5.75 Å². The molecular formula is C14H18F2N2O. The van der Waals surface area contributed by atoms with Crippen LogP contribution in [0, 0.1) is 17.6 Å². The van der Waals surface area contributed by atoms with Crippen LogP contribution < -0.4 is 5.32 Å². The van der Waals surface area contributed by atoms with Gasteiger partial charge in [0.2, 0.25) is 0 Å². The summed E-state index contributed by atoms with van der Waals surface area (Å²) in [6.07, 6.45) is 2.04. The molecule has 1 aliphatic heterocycles. The van der Waals surface area contributed by atoms with Crippen LogP contribution in [0.2, 0.25) is 0 Å². The third-order valence-corrected chi connectivity index (χ3v) is 4.02. The number of piperazine rings is 1. The molecule has 1 aliphatic carbocycles. The zero-order chi connectivity index (χ0) is 13.4. The van der Waals surface area contributed by atoms with Gasteiger partial charge in [-0.1, -0.05) is 0 Å². The summed E-state index contributed by atoms with van der Waals surface area (Å²) in [7, 11) is 0. The second-order valence-corrected chi connectivity index (χ2v) is 5.36. The zero-order valence-corrected chi connectivity index (χ0v) is 10.7. The first-order chi connectivity index (χ1) is 9.18. The second-order valence-electron chi connectivity index (χ2n) is 5.36. The third kappa shape index (κ3) is 2.44. The van der Waals surface area contributed by atoms with Crippen molar-refractivity contribution in [3.05, 3.63) is 29.3 Å². The minimum atomic E-state index is -0.739. The number of halogens is 2. The van der Waals surface area contributed by atoms with Gasteiger partial charge in [-0.25, -0.2) is 8.78 Å². The number of phenolic OH excluding ortho intramolecular Hbond substituents is 1. The number of aromatic hydroxyl groups is 1. The molecule has 1 aromatic rings. The van der Waals surface area contributed by atoms with E-state index in [1.165, 1.54) is 0 Å². The average Bonchev–Trinajstić information content (AvgIpc) is 3.24. The summed E-state index contributed by atoms with van der Waals surface area (Å²) in [6.45, 7) is 3.30. The molecule has 5 heteroatoms. The lowest BCUT2D eigenvalue weighted by molar-refractivity contribution is 0.149. The summed E-state index contributed by atoms with van der Waals surface area (Å²) in [5.41, 5.74) is 0.143. The van der Waals surface area contributed by atoms with Crippen LogP contribution in [0.4, 0.5) is 8.78 Å². The molecule has 1 atom stereocenters. The summed E-state index contributed by atoms with van der Waals surface area (Å²) in [4.78, 5) is 2.16. The summed E-state index contributed by atoms with van der Waals surface area (Å²) in [5.74, 6) is -1.43. The fourth-order valence-electron chi connectivity index (χ4n) is 2.93. The number of hydrogen-bond donors (Lipinski definition) is 2. The van der Waals surface area contributed by atoms with E-state index >= 15 is 0 Å². The van der Waals surface area contributed by atoms with E-state index in [9.17, 15) is 13.9 Å². The Bertz CT molecular complexity index is 471. The highest BCUT2D eigenvalue weighted by Gasteiger charge is 2.40. The Hall–Kier alpha value is -1.20. The highest BCUT2D eigenvalue weighted by molar-refractivity contribution is 5.38. The molecule has 1 saturated carbocycles. The largest absolute Gasteiger partial charge is 0.505 e. The minimum Gasteiger partial charge on any atom is -0.505 e. The van der Waals surface area contributed by atoms with Gasteiger partial charge in [-0.05, 0) is 30.9 Å². The molecule has 0 amide bonds. The van der Waals surface area contributed by atoms with Crippen LogP contribution in [0.15, 0.2) is 12.1 Å². The third-order valence-electron chi connectivity index (χ3n) is 4.02. The fourth-order valence-corrected chi connectivity index (χ4v) is 2.93. The van der Waals surface area contributed by atoms with Crippen LogP contribution in [-0.2, 0) is 0 Å². The lowest BCUT2D eigenvalue weighted by Crippen LogP contribution is -2.45. The predicted octanol–water partition coefficient (Wildman–Crippen LogP) is 2.03. The monoisotopic (exact) mass is 268 g/mol. The van der Waals surface area contributed by atoms with Crippen molar-refractivity contribution in [1.29, 1.82) is 0 Å².